The molecule has 1 aliphatic carbocycles. The van der Waals surface area contributed by atoms with Crippen LogP contribution >= 0.6 is 0 Å². The Bertz CT molecular complexity index is 668. The first kappa shape index (κ1) is 12.9. The molecule has 0 spiro atoms. The molecule has 2 aromatic rings. The summed E-state index contributed by atoms with van der Waals surface area (Å²) in [7, 11) is 0. The third kappa shape index (κ3) is 2.33. The van der Waals surface area contributed by atoms with Crippen LogP contribution < -0.4 is 5.32 Å². The number of anilines is 1. The number of rotatable bonds is 3. The number of nitrogens with zero attached hydrogens (tertiary/aromatic N) is 2. The summed E-state index contributed by atoms with van der Waals surface area (Å²) in [5.41, 5.74) is 4.68. The highest BCUT2D eigenvalue weighted by molar-refractivity contribution is 6.05. The van der Waals surface area contributed by atoms with E-state index in [1.54, 1.807) is 6.20 Å². The Balaban J connectivity index is 1.86. The van der Waals surface area contributed by atoms with Gasteiger partial charge in [0.25, 0.3) is 5.91 Å². The monoisotopic (exact) mass is 269 g/mol. The molecule has 0 radical (unpaired) electrons. The lowest BCUT2D eigenvalue weighted by Crippen LogP contribution is -2.13. The lowest BCUT2D eigenvalue weighted by atomic mass is 10.2. The molecule has 4 nitrogen and oxygen atoms in total. The number of hydrogen-bond donors (Lipinski definition) is 1. The van der Waals surface area contributed by atoms with Gasteiger partial charge in [0.2, 0.25) is 0 Å². The van der Waals surface area contributed by atoms with Gasteiger partial charge in [-0.3, -0.25) is 9.78 Å². The SMILES string of the molecule is Cc1cc(NC(=O)c2cc(C)n(C3CC3)c2C)ccn1. The molecule has 0 saturated heterocycles. The van der Waals surface area contributed by atoms with E-state index < -0.39 is 0 Å². The Morgan fingerprint density at radius 2 is 2.05 bits per heavy atom. The summed E-state index contributed by atoms with van der Waals surface area (Å²) in [5, 5.41) is 2.95. The van der Waals surface area contributed by atoms with Crippen molar-refractivity contribution in [2.75, 3.05) is 5.32 Å². The Morgan fingerprint density at radius 3 is 2.70 bits per heavy atom. The van der Waals surface area contributed by atoms with E-state index in [-0.39, 0.29) is 5.91 Å². The van der Waals surface area contributed by atoms with E-state index in [1.165, 1.54) is 18.5 Å². The van der Waals surface area contributed by atoms with Crippen LogP contribution in [0, 0.1) is 20.8 Å². The van der Waals surface area contributed by atoms with Gasteiger partial charge in [0.1, 0.15) is 0 Å². The van der Waals surface area contributed by atoms with E-state index in [0.29, 0.717) is 6.04 Å². The molecule has 0 atom stereocenters. The first-order valence-electron chi connectivity index (χ1n) is 6.98. The molecule has 3 rings (SSSR count). The molecule has 0 unspecified atom stereocenters. The smallest absolute Gasteiger partial charge is 0.257 e. The molecule has 0 bridgehead atoms. The van der Waals surface area contributed by atoms with Crippen LogP contribution in [0.15, 0.2) is 24.4 Å². The summed E-state index contributed by atoms with van der Waals surface area (Å²) in [6.45, 7) is 6.01. The average Bonchev–Trinajstić information content (AvgIpc) is 3.16. The molecule has 0 aliphatic heterocycles. The van der Waals surface area contributed by atoms with Gasteiger partial charge in [0, 0.05) is 35.0 Å². The highest BCUT2D eigenvalue weighted by Crippen LogP contribution is 2.38. The van der Waals surface area contributed by atoms with Crippen LogP contribution in [0.4, 0.5) is 5.69 Å². The fourth-order valence-electron chi connectivity index (χ4n) is 2.72. The number of hydrogen-bond acceptors (Lipinski definition) is 2. The Labute approximate surface area is 118 Å². The van der Waals surface area contributed by atoms with Gasteiger partial charge in [-0.25, -0.2) is 0 Å². The van der Waals surface area contributed by atoms with Crippen molar-refractivity contribution in [3.8, 4) is 0 Å². The van der Waals surface area contributed by atoms with Crippen molar-refractivity contribution in [2.45, 2.75) is 39.7 Å². The van der Waals surface area contributed by atoms with Crippen LogP contribution in [-0.4, -0.2) is 15.5 Å². The third-order valence-electron chi connectivity index (χ3n) is 3.80. The number of pyridine rings is 1. The van der Waals surface area contributed by atoms with Gasteiger partial charge < -0.3 is 9.88 Å². The number of nitrogens with one attached hydrogen (secondary N) is 1. The van der Waals surface area contributed by atoms with Crippen LogP contribution in [0.1, 0.15) is 46.3 Å². The van der Waals surface area contributed by atoms with Crippen molar-refractivity contribution in [1.29, 1.82) is 0 Å². The summed E-state index contributed by atoms with van der Waals surface area (Å²) in [6, 6.07) is 6.26. The second kappa shape index (κ2) is 4.78. The molecule has 104 valence electrons. The van der Waals surface area contributed by atoms with Crippen LogP contribution in [0.2, 0.25) is 0 Å². The zero-order valence-electron chi connectivity index (χ0n) is 12.1. The predicted molar refractivity (Wildman–Crippen MR) is 79.1 cm³/mol. The first-order valence-corrected chi connectivity index (χ1v) is 6.98. The third-order valence-corrected chi connectivity index (χ3v) is 3.80. The number of amides is 1. The zero-order valence-corrected chi connectivity index (χ0v) is 12.1. The lowest BCUT2D eigenvalue weighted by molar-refractivity contribution is 0.102. The summed E-state index contributed by atoms with van der Waals surface area (Å²) < 4.78 is 2.28. The minimum atomic E-state index is -0.0457. The van der Waals surface area contributed by atoms with Gasteiger partial charge in [0.05, 0.1) is 5.56 Å². The van der Waals surface area contributed by atoms with Gasteiger partial charge >= 0.3 is 0 Å². The number of carbonyl (C=O) groups excluding carboxylic acids is 1. The van der Waals surface area contributed by atoms with E-state index in [4.69, 9.17) is 0 Å². The molecule has 1 amide bonds. The predicted octanol–water partition coefficient (Wildman–Crippen LogP) is 3.40. The minimum Gasteiger partial charge on any atom is -0.345 e. The summed E-state index contributed by atoms with van der Waals surface area (Å²) >= 11 is 0. The van der Waals surface area contributed by atoms with E-state index in [1.807, 2.05) is 32.0 Å². The standard InChI is InChI=1S/C16H19N3O/c1-10-8-13(6-7-17-10)18-16(20)15-9-11(2)19(12(15)3)14-4-5-14/h6-9,14H,4-5H2,1-3H3,(H,17,18,20). The molecular formula is C16H19N3O. The molecule has 1 fully saturated rings. The van der Waals surface area contributed by atoms with Gasteiger partial charge in [-0.2, -0.15) is 0 Å². The number of carbonyl (C=O) groups is 1. The quantitative estimate of drug-likeness (QED) is 0.928. The maximum Gasteiger partial charge on any atom is 0.257 e. The first-order chi connectivity index (χ1) is 9.56. The average molecular weight is 269 g/mol. The summed E-state index contributed by atoms with van der Waals surface area (Å²) in [4.78, 5) is 16.5. The van der Waals surface area contributed by atoms with Gasteiger partial charge in [-0.05, 0) is 51.8 Å². The Hall–Kier alpha value is -2.10. The van der Waals surface area contributed by atoms with E-state index in [9.17, 15) is 4.79 Å². The van der Waals surface area contributed by atoms with E-state index >= 15 is 0 Å². The molecule has 20 heavy (non-hydrogen) atoms. The fraction of sp³-hybridized carbons (Fsp3) is 0.375. The summed E-state index contributed by atoms with van der Waals surface area (Å²) in [5.74, 6) is -0.0457. The molecular weight excluding hydrogens is 250 g/mol. The maximum absolute atomic E-state index is 12.4. The van der Waals surface area contributed by atoms with Crippen molar-refractivity contribution < 1.29 is 4.79 Å². The van der Waals surface area contributed by atoms with Crippen LogP contribution in [0.3, 0.4) is 0 Å². The zero-order chi connectivity index (χ0) is 14.3. The maximum atomic E-state index is 12.4. The topological polar surface area (TPSA) is 46.9 Å². The largest absolute Gasteiger partial charge is 0.345 e. The molecule has 1 aliphatic rings. The minimum absolute atomic E-state index is 0.0457. The number of aryl methyl sites for hydroxylation is 2. The summed E-state index contributed by atoms with van der Waals surface area (Å²) in [6.07, 6.45) is 4.15. The fourth-order valence-corrected chi connectivity index (χ4v) is 2.72. The molecule has 1 saturated carbocycles. The Morgan fingerprint density at radius 1 is 1.30 bits per heavy atom. The molecule has 4 heteroatoms. The van der Waals surface area contributed by atoms with Gasteiger partial charge in [0.15, 0.2) is 0 Å². The lowest BCUT2D eigenvalue weighted by Gasteiger charge is -2.08. The number of aromatic nitrogens is 2. The Kier molecular flexibility index (Phi) is 3.08. The van der Waals surface area contributed by atoms with Gasteiger partial charge in [-0.1, -0.05) is 0 Å². The highest BCUT2D eigenvalue weighted by Gasteiger charge is 2.28. The van der Waals surface area contributed by atoms with E-state index in [2.05, 4.69) is 21.8 Å². The van der Waals surface area contributed by atoms with Gasteiger partial charge in [-0.15, -0.1) is 0 Å². The van der Waals surface area contributed by atoms with Crippen LogP contribution in [0.25, 0.3) is 0 Å². The molecule has 1 N–H and O–H groups in total. The molecule has 2 aromatic heterocycles. The highest BCUT2D eigenvalue weighted by atomic mass is 16.1. The van der Waals surface area contributed by atoms with Crippen molar-refractivity contribution >= 4 is 11.6 Å². The second-order valence-corrected chi connectivity index (χ2v) is 5.53. The molecule has 0 aromatic carbocycles. The van der Waals surface area contributed by atoms with Crippen LogP contribution in [0.5, 0.6) is 0 Å². The molecule has 2 heterocycles. The second-order valence-electron chi connectivity index (χ2n) is 5.53. The van der Waals surface area contributed by atoms with Crippen molar-refractivity contribution in [3.63, 3.8) is 0 Å². The normalized spacial score (nSPS) is 14.3. The van der Waals surface area contributed by atoms with E-state index in [0.717, 1.165) is 22.6 Å². The van der Waals surface area contributed by atoms with Crippen molar-refractivity contribution in [1.82, 2.24) is 9.55 Å². The van der Waals surface area contributed by atoms with Crippen molar-refractivity contribution in [3.05, 3.63) is 47.0 Å². The van der Waals surface area contributed by atoms with Crippen LogP contribution in [-0.2, 0) is 0 Å². The van der Waals surface area contributed by atoms with Crippen molar-refractivity contribution in [2.24, 2.45) is 0 Å².